The average molecular weight is 858 g/mol. The Hall–Kier alpha value is -3.95. The van der Waals surface area contributed by atoms with Gasteiger partial charge in [-0.3, -0.25) is 4.68 Å². The predicted octanol–water partition coefficient (Wildman–Crippen LogP) is 12.1. The van der Waals surface area contributed by atoms with E-state index in [-0.39, 0.29) is 27.0 Å². The van der Waals surface area contributed by atoms with E-state index in [0.29, 0.717) is 29.3 Å². The molecule has 2 atom stereocenters. The summed E-state index contributed by atoms with van der Waals surface area (Å²) in [4.78, 5) is 4.75. The van der Waals surface area contributed by atoms with Gasteiger partial charge in [0, 0.05) is 40.4 Å². The van der Waals surface area contributed by atoms with Crippen LogP contribution >= 0.6 is 0 Å². The number of benzene rings is 3. The van der Waals surface area contributed by atoms with Gasteiger partial charge in [-0.1, -0.05) is 96.2 Å². The van der Waals surface area contributed by atoms with Crippen molar-refractivity contribution < 1.29 is 25.8 Å². The Morgan fingerprint density at radius 1 is 0.922 bits per heavy atom. The van der Waals surface area contributed by atoms with Crippen molar-refractivity contribution in [3.8, 4) is 23.0 Å². The van der Waals surface area contributed by atoms with Crippen LogP contribution in [0.3, 0.4) is 0 Å². The maximum Gasteiger partial charge on any atom is 2.00 e. The van der Waals surface area contributed by atoms with Crippen LogP contribution in [0.2, 0.25) is 0 Å². The number of hydrogen-bond acceptors (Lipinski definition) is 3. The van der Waals surface area contributed by atoms with Crippen molar-refractivity contribution in [2.45, 2.75) is 105 Å². The van der Waals surface area contributed by atoms with Crippen LogP contribution in [-0.4, -0.2) is 19.3 Å². The molecule has 0 radical (unpaired) electrons. The van der Waals surface area contributed by atoms with Gasteiger partial charge in [0.1, 0.15) is 5.82 Å². The zero-order chi connectivity index (χ0) is 35.1. The van der Waals surface area contributed by atoms with Gasteiger partial charge in [-0.05, 0) is 79.3 Å². The zero-order valence-corrected chi connectivity index (χ0v) is 33.6. The molecule has 1 unspecified atom stereocenters. The van der Waals surface area contributed by atoms with Gasteiger partial charge in [-0.25, -0.2) is 4.98 Å². The Balaban J connectivity index is 0.00000448. The van der Waals surface area contributed by atoms with Gasteiger partial charge in [0.25, 0.3) is 0 Å². The summed E-state index contributed by atoms with van der Waals surface area (Å²) < 4.78 is 11.1. The molecule has 5 nitrogen and oxygen atoms in total. The number of unbranched alkanes of at least 4 members (excludes halogenated alkanes) is 1. The summed E-state index contributed by atoms with van der Waals surface area (Å²) in [6.07, 6.45) is 9.87. The Bertz CT molecular complexity index is 2200. The number of para-hydroxylation sites is 1. The number of hydrogen-bond donors (Lipinski definition) is 0. The van der Waals surface area contributed by atoms with Crippen LogP contribution in [0.15, 0.2) is 78.5 Å². The summed E-state index contributed by atoms with van der Waals surface area (Å²) in [5.74, 6) is 3.74. The Kier molecular flexibility index (Phi) is 11.1. The van der Waals surface area contributed by atoms with Gasteiger partial charge in [-0.2, -0.15) is 16.7 Å². The second-order valence-corrected chi connectivity index (χ2v) is 15.0. The molecular weight excluding hydrogens is 808 g/mol. The molecule has 6 aromatic rings. The third-order valence-electron chi connectivity index (χ3n) is 10.4. The fourth-order valence-electron chi connectivity index (χ4n) is 7.98. The smallest absolute Gasteiger partial charge is 0.509 e. The fraction of sp³-hybridized carbons (Fsp3) is 0.378. The number of nitrogens with zero attached hydrogens (tertiary/aromatic N) is 4. The van der Waals surface area contributed by atoms with Crippen molar-refractivity contribution in [1.29, 1.82) is 0 Å². The number of ether oxygens (including phenoxy) is 1. The van der Waals surface area contributed by atoms with Crippen LogP contribution < -0.4 is 4.74 Å². The summed E-state index contributed by atoms with van der Waals surface area (Å²) in [5.41, 5.74) is 10.7. The molecule has 0 amide bonds. The molecule has 3 aromatic heterocycles. The van der Waals surface area contributed by atoms with E-state index in [2.05, 4.69) is 131 Å². The van der Waals surface area contributed by atoms with Crippen LogP contribution in [0.5, 0.6) is 11.5 Å². The Labute approximate surface area is 318 Å². The maximum atomic E-state index is 6.72. The van der Waals surface area contributed by atoms with Crippen molar-refractivity contribution in [3.05, 3.63) is 119 Å². The molecule has 0 saturated heterocycles. The minimum Gasteiger partial charge on any atom is -0.509 e. The van der Waals surface area contributed by atoms with Crippen LogP contribution in [-0.2, 0) is 27.5 Å². The molecule has 1 aliphatic rings. The first kappa shape index (κ1) is 36.8. The maximum absolute atomic E-state index is 6.72. The minimum absolute atomic E-state index is 0. The molecule has 0 saturated carbocycles. The SMILES string of the molecule is CCCCc1cc(Oc2[c-]c3c(cc2)c2ccccc2n3-c2cc(C)ccn2)[c-]c(-n2nc(C(C)C)c(C3C(C)=CCC[C@@H]3C)c2C(C)C)c1.[Pt+2]. The van der Waals surface area contributed by atoms with Crippen molar-refractivity contribution in [2.75, 3.05) is 0 Å². The van der Waals surface area contributed by atoms with Crippen LogP contribution in [0.4, 0.5) is 0 Å². The van der Waals surface area contributed by atoms with Gasteiger partial charge in [-0.15, -0.1) is 35.7 Å². The van der Waals surface area contributed by atoms with Crippen LogP contribution in [0, 0.1) is 25.0 Å². The Morgan fingerprint density at radius 3 is 2.45 bits per heavy atom. The van der Waals surface area contributed by atoms with E-state index in [1.54, 1.807) is 0 Å². The van der Waals surface area contributed by atoms with E-state index in [9.17, 15) is 0 Å². The van der Waals surface area contributed by atoms with E-state index >= 15 is 0 Å². The summed E-state index contributed by atoms with van der Waals surface area (Å²) >= 11 is 0. The normalized spacial score (nSPS) is 16.2. The molecule has 3 heterocycles. The van der Waals surface area contributed by atoms with Gasteiger partial charge in [0.2, 0.25) is 0 Å². The summed E-state index contributed by atoms with van der Waals surface area (Å²) in [6.45, 7) is 18.2. The molecule has 266 valence electrons. The third-order valence-corrected chi connectivity index (χ3v) is 10.4. The molecule has 0 aliphatic heterocycles. The standard InChI is InChI=1S/C45H50N4O.Pt/c1-9-10-16-33-24-34(49-45(29(4)5)43(44(47-49)28(2)3)42-31(7)14-13-15-32(42)8)26-36(25-33)50-35-19-20-38-37-17-11-12-18-39(37)48(40(38)27-35)41-23-30(6)21-22-46-41;/h11-12,14,17-25,28-29,32,42H,9-10,13,15-16H2,1-8H3;/q-2;+2/t32-,42?;/m0./s1. The van der Waals surface area contributed by atoms with Gasteiger partial charge >= 0.3 is 21.1 Å². The van der Waals surface area contributed by atoms with E-state index in [1.807, 2.05) is 18.3 Å². The van der Waals surface area contributed by atoms with Crippen molar-refractivity contribution in [3.63, 3.8) is 0 Å². The minimum atomic E-state index is 0. The monoisotopic (exact) mass is 857 g/mol. The van der Waals surface area contributed by atoms with Crippen LogP contribution in [0.1, 0.15) is 120 Å². The molecule has 6 heteroatoms. The second kappa shape index (κ2) is 15.3. The molecule has 0 N–H and O–H groups in total. The number of allylic oxidation sites excluding steroid dienone is 2. The molecular formula is C45H50N4OPt. The first-order valence-corrected chi connectivity index (χ1v) is 18.6. The molecule has 0 spiro atoms. The van der Waals surface area contributed by atoms with Crippen LogP contribution in [0.25, 0.3) is 33.3 Å². The summed E-state index contributed by atoms with van der Waals surface area (Å²) in [5, 5.41) is 7.70. The third kappa shape index (κ3) is 7.12. The quantitative estimate of drug-likeness (QED) is 0.102. The van der Waals surface area contributed by atoms with Gasteiger partial charge < -0.3 is 9.30 Å². The van der Waals surface area contributed by atoms with E-state index < -0.39 is 0 Å². The van der Waals surface area contributed by atoms with E-state index in [1.165, 1.54) is 34.5 Å². The first-order chi connectivity index (χ1) is 24.1. The van der Waals surface area contributed by atoms with Gasteiger partial charge in [0.05, 0.1) is 5.69 Å². The number of aryl methyl sites for hydroxylation is 2. The average Bonchev–Trinajstić information content (AvgIpc) is 3.64. The zero-order valence-electron chi connectivity index (χ0n) is 31.3. The molecule has 3 aromatic carbocycles. The number of pyridine rings is 1. The molecule has 0 fully saturated rings. The molecule has 51 heavy (non-hydrogen) atoms. The molecule has 0 bridgehead atoms. The van der Waals surface area contributed by atoms with Crippen molar-refractivity contribution in [1.82, 2.24) is 19.3 Å². The van der Waals surface area contributed by atoms with E-state index in [4.69, 9.17) is 14.8 Å². The molecule has 7 rings (SSSR count). The second-order valence-electron chi connectivity index (χ2n) is 15.0. The molecule has 1 aliphatic carbocycles. The van der Waals surface area contributed by atoms with Crippen molar-refractivity contribution in [2.24, 2.45) is 5.92 Å². The topological polar surface area (TPSA) is 44.9 Å². The Morgan fingerprint density at radius 2 is 1.73 bits per heavy atom. The fourth-order valence-corrected chi connectivity index (χ4v) is 7.98. The van der Waals surface area contributed by atoms with Crippen molar-refractivity contribution >= 4 is 21.8 Å². The number of aromatic nitrogens is 4. The van der Waals surface area contributed by atoms with Gasteiger partial charge in [0.15, 0.2) is 0 Å². The number of rotatable bonds is 10. The largest absolute Gasteiger partial charge is 2.00 e. The predicted molar refractivity (Wildman–Crippen MR) is 206 cm³/mol. The first-order valence-electron chi connectivity index (χ1n) is 18.6. The summed E-state index contributed by atoms with van der Waals surface area (Å²) in [7, 11) is 0. The van der Waals surface area contributed by atoms with E-state index in [0.717, 1.165) is 64.6 Å². The number of fused-ring (bicyclic) bond motifs is 3. The summed E-state index contributed by atoms with van der Waals surface area (Å²) in [6, 6.07) is 28.5.